The predicted octanol–water partition coefficient (Wildman–Crippen LogP) is 2.70. The number of piperazine rings is 1. The van der Waals surface area contributed by atoms with E-state index in [0.717, 1.165) is 0 Å². The minimum Gasteiger partial charge on any atom is -0.618 e. The summed E-state index contributed by atoms with van der Waals surface area (Å²) in [5.74, 6) is -1.28. The molecule has 4 rings (SSSR count). The predicted molar refractivity (Wildman–Crippen MR) is 123 cm³/mol. The summed E-state index contributed by atoms with van der Waals surface area (Å²) in [6.45, 7) is 1.36. The second kappa shape index (κ2) is 9.99. The fourth-order valence-electron chi connectivity index (χ4n) is 3.56. The van der Waals surface area contributed by atoms with E-state index in [0.29, 0.717) is 42.3 Å². The van der Waals surface area contributed by atoms with Crippen LogP contribution in [0, 0.1) is 11.0 Å². The molecule has 1 aromatic heterocycles. The zero-order valence-electron chi connectivity index (χ0n) is 18.1. The van der Waals surface area contributed by atoms with E-state index in [1.807, 2.05) is 0 Å². The number of rotatable bonds is 4. The van der Waals surface area contributed by atoms with Gasteiger partial charge in [-0.05, 0) is 48.5 Å². The summed E-state index contributed by atoms with van der Waals surface area (Å²) in [7, 11) is 0. The number of nitrogens with one attached hydrogen (secondary N) is 2. The van der Waals surface area contributed by atoms with Crippen molar-refractivity contribution in [1.82, 2.24) is 9.80 Å². The van der Waals surface area contributed by atoms with E-state index >= 15 is 0 Å². The van der Waals surface area contributed by atoms with Crippen LogP contribution in [-0.4, -0.2) is 53.8 Å². The Morgan fingerprint density at radius 1 is 0.824 bits per heavy atom. The first-order valence-corrected chi connectivity index (χ1v) is 10.6. The molecular weight excluding hydrogens is 441 g/mol. The van der Waals surface area contributed by atoms with Crippen molar-refractivity contribution in [2.45, 2.75) is 0 Å². The van der Waals surface area contributed by atoms with Crippen LogP contribution in [0.2, 0.25) is 0 Å². The number of aromatic nitrogens is 1. The molecule has 174 valence electrons. The zero-order valence-corrected chi connectivity index (χ0v) is 18.1. The van der Waals surface area contributed by atoms with Crippen LogP contribution in [0.25, 0.3) is 0 Å². The van der Waals surface area contributed by atoms with Crippen molar-refractivity contribution in [1.29, 1.82) is 0 Å². The highest BCUT2D eigenvalue weighted by Gasteiger charge is 2.25. The molecule has 0 radical (unpaired) electrons. The number of anilines is 2. The third-order valence-corrected chi connectivity index (χ3v) is 5.38. The smallest absolute Gasteiger partial charge is 0.321 e. The lowest BCUT2D eigenvalue weighted by molar-refractivity contribution is -0.607. The first-order valence-electron chi connectivity index (χ1n) is 10.6. The number of urea groups is 1. The molecule has 10 heteroatoms. The quantitative estimate of drug-likeness (QED) is 0.458. The molecule has 0 aliphatic carbocycles. The second-order valence-electron chi connectivity index (χ2n) is 7.66. The van der Waals surface area contributed by atoms with E-state index in [-0.39, 0.29) is 23.2 Å². The number of nitrogens with zero attached hydrogens (tertiary/aromatic N) is 3. The Balaban J connectivity index is 1.28. The lowest BCUT2D eigenvalue weighted by atomic mass is 10.2. The standard InChI is InChI=1S/C24H22FN5O4/c25-18-5-3-4-17(16-18)23(32)28-12-14-29(15-13-28)24(33)27-20-9-7-19(8-10-20)26-22(31)21-6-1-2-11-30(21)34/h1-11,16H,12-15H2,(H,26,31)(H,27,33). The van der Waals surface area contributed by atoms with Gasteiger partial charge in [-0.1, -0.05) is 6.07 Å². The van der Waals surface area contributed by atoms with Crippen LogP contribution in [0.5, 0.6) is 0 Å². The molecule has 0 saturated carbocycles. The van der Waals surface area contributed by atoms with Gasteiger partial charge in [0.1, 0.15) is 5.82 Å². The number of hydrogen-bond acceptors (Lipinski definition) is 4. The molecule has 2 N–H and O–H groups in total. The Morgan fingerprint density at radius 3 is 2.12 bits per heavy atom. The first kappa shape index (κ1) is 22.7. The van der Waals surface area contributed by atoms with E-state index in [1.54, 1.807) is 46.2 Å². The summed E-state index contributed by atoms with van der Waals surface area (Å²) in [6.07, 6.45) is 1.24. The van der Waals surface area contributed by atoms with Crippen molar-refractivity contribution in [2.24, 2.45) is 0 Å². The van der Waals surface area contributed by atoms with E-state index in [2.05, 4.69) is 10.6 Å². The number of hydrogen-bond donors (Lipinski definition) is 2. The number of halogens is 1. The highest BCUT2D eigenvalue weighted by atomic mass is 19.1. The fraction of sp³-hybridized carbons (Fsp3) is 0.167. The highest BCUT2D eigenvalue weighted by molar-refractivity contribution is 6.02. The van der Waals surface area contributed by atoms with Crippen molar-refractivity contribution >= 4 is 29.2 Å². The van der Waals surface area contributed by atoms with Gasteiger partial charge in [0.25, 0.3) is 11.6 Å². The van der Waals surface area contributed by atoms with Crippen molar-refractivity contribution < 1.29 is 23.5 Å². The van der Waals surface area contributed by atoms with Crippen molar-refractivity contribution in [3.05, 3.63) is 95.2 Å². The molecule has 0 bridgehead atoms. The fourth-order valence-corrected chi connectivity index (χ4v) is 3.56. The molecule has 0 unspecified atom stereocenters. The maximum Gasteiger partial charge on any atom is 0.321 e. The first-order chi connectivity index (χ1) is 16.4. The summed E-state index contributed by atoms with van der Waals surface area (Å²) in [5, 5.41) is 17.1. The molecule has 1 saturated heterocycles. The lowest BCUT2D eigenvalue weighted by Gasteiger charge is -2.34. The number of carbonyl (C=O) groups is 3. The van der Waals surface area contributed by atoms with E-state index in [1.165, 1.54) is 36.5 Å². The van der Waals surface area contributed by atoms with Crippen LogP contribution in [-0.2, 0) is 0 Å². The Hall–Kier alpha value is -4.47. The van der Waals surface area contributed by atoms with Crippen LogP contribution in [0.15, 0.2) is 72.9 Å². The molecule has 3 aromatic rings. The molecule has 0 spiro atoms. The van der Waals surface area contributed by atoms with Crippen molar-refractivity contribution in [3.8, 4) is 0 Å². The van der Waals surface area contributed by atoms with Gasteiger partial charge in [-0.15, -0.1) is 0 Å². The summed E-state index contributed by atoms with van der Waals surface area (Å²) >= 11 is 0. The Kier molecular flexibility index (Phi) is 6.67. The van der Waals surface area contributed by atoms with Gasteiger partial charge in [-0.3, -0.25) is 9.59 Å². The molecule has 9 nitrogen and oxygen atoms in total. The number of carbonyl (C=O) groups excluding carboxylic acids is 3. The Morgan fingerprint density at radius 2 is 1.47 bits per heavy atom. The molecule has 2 heterocycles. The summed E-state index contributed by atoms with van der Waals surface area (Å²) in [4.78, 5) is 40.5. The maximum atomic E-state index is 13.4. The molecule has 1 aliphatic rings. The summed E-state index contributed by atoms with van der Waals surface area (Å²) in [6, 6.07) is 16.3. The highest BCUT2D eigenvalue weighted by Crippen LogP contribution is 2.16. The van der Waals surface area contributed by atoms with Gasteiger partial charge in [-0.2, -0.15) is 4.73 Å². The number of benzene rings is 2. The van der Waals surface area contributed by atoms with Gasteiger partial charge >= 0.3 is 11.9 Å². The SMILES string of the molecule is O=C(Nc1ccc(NC(=O)N2CCN(C(=O)c3cccc(F)c3)CC2)cc1)c1cccc[n+]1[O-]. The molecular formula is C24H22FN5O4. The average molecular weight is 463 g/mol. The number of amides is 4. The van der Waals surface area contributed by atoms with Crippen LogP contribution >= 0.6 is 0 Å². The normalized spacial score (nSPS) is 13.3. The topological polar surface area (TPSA) is 109 Å². The van der Waals surface area contributed by atoms with Gasteiger partial charge in [0.15, 0.2) is 6.20 Å². The summed E-state index contributed by atoms with van der Waals surface area (Å²) in [5.41, 5.74) is 1.24. The molecule has 2 aromatic carbocycles. The van der Waals surface area contributed by atoms with Crippen molar-refractivity contribution in [2.75, 3.05) is 36.8 Å². The van der Waals surface area contributed by atoms with Crippen LogP contribution in [0.4, 0.5) is 20.6 Å². The van der Waals surface area contributed by atoms with Crippen LogP contribution in [0.3, 0.4) is 0 Å². The number of pyridine rings is 1. The van der Waals surface area contributed by atoms with E-state index < -0.39 is 11.7 Å². The minimum absolute atomic E-state index is 0.0325. The molecule has 4 amide bonds. The largest absolute Gasteiger partial charge is 0.618 e. The van der Waals surface area contributed by atoms with Gasteiger partial charge < -0.3 is 25.6 Å². The van der Waals surface area contributed by atoms with Gasteiger partial charge in [0.05, 0.1) is 0 Å². The van der Waals surface area contributed by atoms with Crippen molar-refractivity contribution in [3.63, 3.8) is 0 Å². The molecule has 1 fully saturated rings. The van der Waals surface area contributed by atoms with Crippen LogP contribution in [0.1, 0.15) is 20.8 Å². The Bertz CT molecular complexity index is 1210. The van der Waals surface area contributed by atoms with E-state index in [9.17, 15) is 24.0 Å². The van der Waals surface area contributed by atoms with Gasteiger partial charge in [-0.25, -0.2) is 9.18 Å². The average Bonchev–Trinajstić information content (AvgIpc) is 2.85. The van der Waals surface area contributed by atoms with Crippen LogP contribution < -0.4 is 15.4 Å². The molecule has 1 aliphatic heterocycles. The third-order valence-electron chi connectivity index (χ3n) is 5.38. The summed E-state index contributed by atoms with van der Waals surface area (Å²) < 4.78 is 13.9. The Labute approximate surface area is 195 Å². The molecule has 34 heavy (non-hydrogen) atoms. The second-order valence-corrected chi connectivity index (χ2v) is 7.66. The van der Waals surface area contributed by atoms with Gasteiger partial charge in [0.2, 0.25) is 0 Å². The third kappa shape index (κ3) is 5.29. The van der Waals surface area contributed by atoms with E-state index in [4.69, 9.17) is 0 Å². The molecule has 0 atom stereocenters. The minimum atomic E-state index is -0.543. The monoisotopic (exact) mass is 463 g/mol. The zero-order chi connectivity index (χ0) is 24.1. The van der Waals surface area contributed by atoms with Gasteiger partial charge in [0, 0.05) is 55.2 Å². The maximum absolute atomic E-state index is 13.4. The lowest BCUT2D eigenvalue weighted by Crippen LogP contribution is -2.51.